The first-order chi connectivity index (χ1) is 20.7. The molecule has 0 radical (unpaired) electrons. The summed E-state index contributed by atoms with van der Waals surface area (Å²) >= 11 is 0. The summed E-state index contributed by atoms with van der Waals surface area (Å²) < 4.78 is 82.0. The van der Waals surface area contributed by atoms with Crippen molar-refractivity contribution in [3.05, 3.63) is 77.6 Å². The van der Waals surface area contributed by atoms with Crippen molar-refractivity contribution in [3.63, 3.8) is 0 Å². The maximum Gasteiger partial charge on any atom is 0.490 e. The minimum absolute atomic E-state index is 0.0306. The molecule has 4 rings (SSSR count). The second-order valence-corrected chi connectivity index (χ2v) is 11.5. The highest BCUT2D eigenvalue weighted by atomic mass is 32.2. The van der Waals surface area contributed by atoms with Crippen molar-refractivity contribution in [2.24, 2.45) is 0 Å². The first-order valence-electron chi connectivity index (χ1n) is 13.1. The Morgan fingerprint density at radius 1 is 0.955 bits per heavy atom. The molecule has 0 atom stereocenters. The van der Waals surface area contributed by atoms with Gasteiger partial charge < -0.3 is 24.8 Å². The van der Waals surface area contributed by atoms with E-state index in [1.54, 1.807) is 6.07 Å². The van der Waals surface area contributed by atoms with Crippen molar-refractivity contribution < 1.29 is 60.4 Å². The van der Waals surface area contributed by atoms with Gasteiger partial charge in [0, 0.05) is 25.2 Å². The van der Waals surface area contributed by atoms with Gasteiger partial charge in [-0.05, 0) is 60.0 Å². The highest BCUT2D eigenvalue weighted by Gasteiger charge is 2.38. The number of alkyl halides is 3. The van der Waals surface area contributed by atoms with E-state index in [0.29, 0.717) is 25.2 Å². The quantitative estimate of drug-likeness (QED) is 0.174. The number of carboxylic acid groups (broad SMARTS) is 1. The predicted molar refractivity (Wildman–Crippen MR) is 148 cm³/mol. The summed E-state index contributed by atoms with van der Waals surface area (Å²) in [5, 5.41) is 27.5. The van der Waals surface area contributed by atoms with Crippen LogP contribution in [0.2, 0.25) is 0 Å². The van der Waals surface area contributed by atoms with E-state index < -0.39 is 39.5 Å². The zero-order valence-corrected chi connectivity index (χ0v) is 23.9. The van der Waals surface area contributed by atoms with Crippen molar-refractivity contribution in [3.8, 4) is 22.6 Å². The Labute approximate surface area is 250 Å². The molecule has 1 fully saturated rings. The average molecular weight is 644 g/mol. The number of esters is 1. The van der Waals surface area contributed by atoms with Crippen LogP contribution >= 0.6 is 0 Å². The first-order valence-corrected chi connectivity index (χ1v) is 14.7. The van der Waals surface area contributed by atoms with Crippen LogP contribution in [-0.4, -0.2) is 86.2 Å². The summed E-state index contributed by atoms with van der Waals surface area (Å²) in [7, 11) is -3.86. The Morgan fingerprint density at radius 3 is 2.27 bits per heavy atom. The maximum absolute atomic E-state index is 13.7. The van der Waals surface area contributed by atoms with Crippen LogP contribution in [0.15, 0.2) is 65.6 Å². The van der Waals surface area contributed by atoms with E-state index in [9.17, 15) is 41.0 Å². The van der Waals surface area contributed by atoms with E-state index in [-0.39, 0.29) is 39.7 Å². The number of phenols is 2. The number of aromatic hydroxyl groups is 2. The van der Waals surface area contributed by atoms with Gasteiger partial charge in [-0.25, -0.2) is 22.4 Å². The van der Waals surface area contributed by atoms with E-state index in [4.69, 9.17) is 19.4 Å². The fourth-order valence-electron chi connectivity index (χ4n) is 4.09. The van der Waals surface area contributed by atoms with Crippen molar-refractivity contribution in [1.82, 2.24) is 4.90 Å². The van der Waals surface area contributed by atoms with Crippen LogP contribution in [0.3, 0.4) is 0 Å². The second kappa shape index (κ2) is 15.0. The molecule has 10 nitrogen and oxygen atoms in total. The highest BCUT2D eigenvalue weighted by Crippen LogP contribution is 2.32. The van der Waals surface area contributed by atoms with Gasteiger partial charge in [-0.15, -0.1) is 0 Å². The number of hydrogen-bond acceptors (Lipinski definition) is 9. The lowest BCUT2D eigenvalue weighted by Gasteiger charge is -2.26. The van der Waals surface area contributed by atoms with Crippen LogP contribution in [0.1, 0.15) is 22.3 Å². The third-order valence-corrected chi connectivity index (χ3v) is 7.99. The zero-order valence-electron chi connectivity index (χ0n) is 23.1. The summed E-state index contributed by atoms with van der Waals surface area (Å²) in [4.78, 5) is 23.5. The summed E-state index contributed by atoms with van der Waals surface area (Å²) in [5.74, 6) is -4.99. The number of aliphatic carboxylic acids is 1. The largest absolute Gasteiger partial charge is 0.507 e. The van der Waals surface area contributed by atoms with Crippen molar-refractivity contribution in [1.29, 1.82) is 0 Å². The van der Waals surface area contributed by atoms with Crippen LogP contribution in [0.4, 0.5) is 17.6 Å². The maximum atomic E-state index is 13.7. The molecule has 1 aliphatic heterocycles. The molecular weight excluding hydrogens is 614 g/mol. The van der Waals surface area contributed by atoms with Gasteiger partial charge in [-0.2, -0.15) is 13.2 Å². The fourth-order valence-corrected chi connectivity index (χ4v) is 5.47. The van der Waals surface area contributed by atoms with Gasteiger partial charge in [-0.3, -0.25) is 4.90 Å². The molecule has 0 aromatic heterocycles. The Hall–Kier alpha value is -4.21. The van der Waals surface area contributed by atoms with Crippen molar-refractivity contribution in [2.75, 3.05) is 39.5 Å². The fraction of sp³-hybridized carbons (Fsp3) is 0.310. The first kappa shape index (κ1) is 34.3. The van der Waals surface area contributed by atoms with E-state index in [1.165, 1.54) is 42.5 Å². The minimum Gasteiger partial charge on any atom is -0.507 e. The topological polar surface area (TPSA) is 151 Å². The molecular formula is C29H29F4NO9S. The van der Waals surface area contributed by atoms with Crippen LogP contribution < -0.4 is 0 Å². The number of morpholine rings is 1. The van der Waals surface area contributed by atoms with Gasteiger partial charge in [-0.1, -0.05) is 18.2 Å². The molecule has 0 amide bonds. The van der Waals surface area contributed by atoms with E-state index in [0.717, 1.165) is 31.8 Å². The lowest BCUT2D eigenvalue weighted by Crippen LogP contribution is -2.37. The number of hydrogen-bond donors (Lipinski definition) is 3. The summed E-state index contributed by atoms with van der Waals surface area (Å²) in [5.41, 5.74) is 0.742. The number of carboxylic acids is 1. The Balaban J connectivity index is 0.000000676. The normalized spacial score (nSPS) is 13.9. The molecule has 3 aromatic rings. The van der Waals surface area contributed by atoms with Crippen LogP contribution in [0, 0.1) is 5.82 Å². The molecule has 1 saturated heterocycles. The molecule has 0 saturated carbocycles. The number of phenolic OH excluding ortho intramolecular Hbond substituents is 2. The predicted octanol–water partition coefficient (Wildman–Crippen LogP) is 4.39. The number of sulfone groups is 1. The number of benzene rings is 3. The van der Waals surface area contributed by atoms with Gasteiger partial charge >= 0.3 is 18.1 Å². The summed E-state index contributed by atoms with van der Waals surface area (Å²) in [6.07, 6.45) is -4.44. The number of nitrogens with zero attached hydrogens (tertiary/aromatic N) is 1. The number of halogens is 4. The third-order valence-electron chi connectivity index (χ3n) is 6.30. The molecule has 0 bridgehead atoms. The van der Waals surface area contributed by atoms with Crippen molar-refractivity contribution in [2.45, 2.75) is 23.2 Å². The van der Waals surface area contributed by atoms with E-state index in [1.807, 2.05) is 0 Å². The van der Waals surface area contributed by atoms with E-state index >= 15 is 0 Å². The van der Waals surface area contributed by atoms with Crippen molar-refractivity contribution >= 4 is 21.8 Å². The number of carbonyl (C=O) groups excluding carboxylic acids is 1. The number of rotatable bonds is 9. The number of ether oxygens (including phenoxy) is 2. The highest BCUT2D eigenvalue weighted by molar-refractivity contribution is 7.90. The lowest BCUT2D eigenvalue weighted by atomic mass is 10.0. The van der Waals surface area contributed by atoms with Gasteiger partial charge in [0.1, 0.15) is 22.9 Å². The van der Waals surface area contributed by atoms with Gasteiger partial charge in [0.05, 0.1) is 30.5 Å². The summed E-state index contributed by atoms with van der Waals surface area (Å²) in [6, 6.07) is 13.3. The van der Waals surface area contributed by atoms with Gasteiger partial charge in [0.2, 0.25) is 0 Å². The monoisotopic (exact) mass is 643 g/mol. The molecule has 15 heteroatoms. The van der Waals surface area contributed by atoms with Crippen LogP contribution in [0.5, 0.6) is 11.5 Å². The molecule has 44 heavy (non-hydrogen) atoms. The molecule has 1 aliphatic rings. The average Bonchev–Trinajstić information content (AvgIpc) is 2.97. The molecule has 0 aliphatic carbocycles. The third kappa shape index (κ3) is 9.92. The van der Waals surface area contributed by atoms with Crippen LogP contribution in [-0.2, 0) is 29.9 Å². The van der Waals surface area contributed by atoms with Gasteiger partial charge in [0.15, 0.2) is 9.84 Å². The molecule has 0 unspecified atom stereocenters. The zero-order chi connectivity index (χ0) is 32.5. The van der Waals surface area contributed by atoms with Gasteiger partial charge in [0.25, 0.3) is 0 Å². The summed E-state index contributed by atoms with van der Waals surface area (Å²) in [6.45, 7) is 4.05. The molecule has 3 N–H and O–H groups in total. The molecule has 238 valence electrons. The standard InChI is InChI=1S/C27H28FNO7S.C2HF3O2/c28-21-6-8-25(30)24(17-21)20-3-1-4-22(16-20)37(33,34)18-19-5-7-23(26(31)15-19)27(32)36-12-2-9-29-10-13-35-14-11-29;3-2(4,5)1(6)7/h1,3-8,15-17,30-31H,2,9-14,18H2;(H,6,7). The van der Waals surface area contributed by atoms with Crippen LogP contribution in [0.25, 0.3) is 11.1 Å². The second-order valence-electron chi connectivity index (χ2n) is 9.55. The Bertz CT molecular complexity index is 1570. The Kier molecular flexibility index (Phi) is 11.7. The molecule has 3 aromatic carbocycles. The molecule has 1 heterocycles. The number of carbonyl (C=O) groups is 2. The van der Waals surface area contributed by atoms with E-state index in [2.05, 4.69) is 4.90 Å². The minimum atomic E-state index is -5.08. The lowest BCUT2D eigenvalue weighted by molar-refractivity contribution is -0.192. The Morgan fingerprint density at radius 2 is 1.64 bits per heavy atom. The molecule has 0 spiro atoms. The SMILES string of the molecule is O=C(O)C(F)(F)F.O=C(OCCCN1CCOCC1)c1ccc(CS(=O)(=O)c2cccc(-c3cc(F)ccc3O)c2)cc1O. The smallest absolute Gasteiger partial charge is 0.490 e.